The number of aromatic nitrogens is 4. The topological polar surface area (TPSA) is 116 Å². The van der Waals surface area contributed by atoms with E-state index in [1.807, 2.05) is 19.0 Å². The fourth-order valence-corrected chi connectivity index (χ4v) is 4.16. The Kier molecular flexibility index (Phi) is 4.52. The smallest absolute Gasteiger partial charge is 0.342 e. The first-order chi connectivity index (χ1) is 15.8. The van der Waals surface area contributed by atoms with Gasteiger partial charge in [-0.15, -0.1) is 0 Å². The minimum Gasteiger partial charge on any atom is -0.477 e. The number of aromatic carboxylic acids is 1. The van der Waals surface area contributed by atoms with Gasteiger partial charge < -0.3 is 20.3 Å². The zero-order valence-corrected chi connectivity index (χ0v) is 18.0. The van der Waals surface area contributed by atoms with Crippen molar-refractivity contribution in [3.63, 3.8) is 0 Å². The van der Waals surface area contributed by atoms with Gasteiger partial charge in [0.1, 0.15) is 22.7 Å². The van der Waals surface area contributed by atoms with Gasteiger partial charge in [-0.05, 0) is 24.3 Å². The maximum Gasteiger partial charge on any atom is 0.342 e. The molecule has 0 radical (unpaired) electrons. The van der Waals surface area contributed by atoms with E-state index in [-0.39, 0.29) is 5.82 Å². The number of carbonyl (C=O) groups is 1. The molecule has 5 rings (SSSR count). The summed E-state index contributed by atoms with van der Waals surface area (Å²) in [6.45, 7) is 0. The van der Waals surface area contributed by atoms with Crippen LogP contribution in [0.25, 0.3) is 38.7 Å². The summed E-state index contributed by atoms with van der Waals surface area (Å²) < 4.78 is 15.6. The summed E-state index contributed by atoms with van der Waals surface area (Å²) in [5, 5.41) is 13.7. The zero-order chi connectivity index (χ0) is 23.4. The second-order valence-electron chi connectivity index (χ2n) is 7.82. The first-order valence-electron chi connectivity index (χ1n) is 10.0. The summed E-state index contributed by atoms with van der Waals surface area (Å²) in [6, 6.07) is 6.30. The van der Waals surface area contributed by atoms with Gasteiger partial charge in [-0.1, -0.05) is 0 Å². The molecule has 9 nitrogen and oxygen atoms in total. The van der Waals surface area contributed by atoms with Gasteiger partial charge in [-0.25, -0.2) is 19.2 Å². The summed E-state index contributed by atoms with van der Waals surface area (Å²) in [5.41, 5.74) is 3.25. The van der Waals surface area contributed by atoms with Gasteiger partial charge >= 0.3 is 5.97 Å². The molecule has 166 valence electrons. The normalized spacial score (nSPS) is 11.4. The molecule has 0 saturated heterocycles. The Morgan fingerprint density at radius 1 is 1.21 bits per heavy atom. The zero-order valence-electron chi connectivity index (χ0n) is 18.0. The Balaban J connectivity index is 1.86. The monoisotopic (exact) mass is 446 g/mol. The first-order valence-corrected chi connectivity index (χ1v) is 10.0. The number of carboxylic acids is 1. The van der Waals surface area contributed by atoms with E-state index in [0.717, 1.165) is 22.8 Å². The van der Waals surface area contributed by atoms with Crippen molar-refractivity contribution in [1.82, 2.24) is 19.4 Å². The number of anilines is 2. The minimum atomic E-state index is -1.34. The third kappa shape index (κ3) is 3.06. The Hall–Kier alpha value is -4.47. The quantitative estimate of drug-likeness (QED) is 0.388. The van der Waals surface area contributed by atoms with Crippen LogP contribution in [0.5, 0.6) is 0 Å². The number of carboxylic acid groups (broad SMARTS) is 1. The van der Waals surface area contributed by atoms with Gasteiger partial charge in [0.2, 0.25) is 0 Å². The highest BCUT2D eigenvalue weighted by atomic mass is 19.1. The SMILES string of the molecule is CNc1cc(F)cc2c1[nH]c1ncc(-c3ccc4ncc(C(=O)O)c(=O)n4c3)c(N(C)C)c12. The summed E-state index contributed by atoms with van der Waals surface area (Å²) in [5.74, 6) is -1.72. The highest BCUT2D eigenvalue weighted by Gasteiger charge is 2.20. The summed E-state index contributed by atoms with van der Waals surface area (Å²) >= 11 is 0. The van der Waals surface area contributed by atoms with Crippen LogP contribution in [0, 0.1) is 5.82 Å². The lowest BCUT2D eigenvalue weighted by molar-refractivity contribution is 0.0694. The molecule has 0 unspecified atom stereocenters. The Morgan fingerprint density at radius 2 is 2.00 bits per heavy atom. The van der Waals surface area contributed by atoms with E-state index >= 15 is 0 Å². The average Bonchev–Trinajstić information content (AvgIpc) is 3.16. The number of halogens is 1. The Labute approximate surface area is 186 Å². The van der Waals surface area contributed by atoms with Gasteiger partial charge in [-0.2, -0.15) is 0 Å². The average molecular weight is 446 g/mol. The van der Waals surface area contributed by atoms with Gasteiger partial charge in [0, 0.05) is 56.2 Å². The number of hydrogen-bond donors (Lipinski definition) is 3. The number of rotatable bonds is 4. The summed E-state index contributed by atoms with van der Waals surface area (Å²) in [7, 11) is 5.46. The lowest BCUT2D eigenvalue weighted by Gasteiger charge is -2.19. The van der Waals surface area contributed by atoms with E-state index in [9.17, 15) is 19.1 Å². The number of aromatic amines is 1. The van der Waals surface area contributed by atoms with Crippen molar-refractivity contribution in [3.8, 4) is 11.1 Å². The van der Waals surface area contributed by atoms with Crippen molar-refractivity contribution in [2.24, 2.45) is 0 Å². The molecule has 0 amide bonds. The number of fused-ring (bicyclic) bond motifs is 4. The number of pyridine rings is 2. The highest BCUT2D eigenvalue weighted by molar-refractivity contribution is 6.17. The molecule has 0 atom stereocenters. The van der Waals surface area contributed by atoms with Crippen molar-refractivity contribution in [2.45, 2.75) is 0 Å². The lowest BCUT2D eigenvalue weighted by atomic mass is 10.0. The largest absolute Gasteiger partial charge is 0.477 e. The number of hydrogen-bond acceptors (Lipinski definition) is 6. The molecular formula is C23H19FN6O3. The minimum absolute atomic E-state index is 0.321. The van der Waals surface area contributed by atoms with E-state index in [1.165, 1.54) is 16.5 Å². The third-order valence-corrected chi connectivity index (χ3v) is 5.63. The Bertz CT molecular complexity index is 1650. The first kappa shape index (κ1) is 20.4. The van der Waals surface area contributed by atoms with Gasteiger partial charge in [0.05, 0.1) is 22.3 Å². The molecule has 5 aromatic rings. The standard InChI is InChI=1S/C23H19FN6O3/c1-25-16-7-12(24)6-13-18-20(29(2)3)14(8-27-21(18)28-19(13)16)11-4-5-17-26-9-15(23(32)33)22(31)30(17)10-11/h4-10,25H,1-3H3,(H,27,28)(H,32,33). The molecule has 0 spiro atoms. The molecule has 0 saturated carbocycles. The van der Waals surface area contributed by atoms with E-state index in [2.05, 4.69) is 20.3 Å². The molecule has 4 heterocycles. The molecule has 0 aliphatic carbocycles. The van der Waals surface area contributed by atoms with Crippen LogP contribution in [0.15, 0.2) is 47.7 Å². The number of benzene rings is 1. The Morgan fingerprint density at radius 3 is 2.70 bits per heavy atom. The molecule has 0 bridgehead atoms. The summed E-state index contributed by atoms with van der Waals surface area (Å²) in [4.78, 5) is 37.9. The van der Waals surface area contributed by atoms with Crippen LogP contribution < -0.4 is 15.8 Å². The van der Waals surface area contributed by atoms with Crippen LogP contribution in [0.4, 0.5) is 15.8 Å². The second kappa shape index (κ2) is 7.30. The van der Waals surface area contributed by atoms with Crippen molar-refractivity contribution in [1.29, 1.82) is 0 Å². The van der Waals surface area contributed by atoms with E-state index < -0.39 is 17.1 Å². The number of H-pyrrole nitrogens is 1. The van der Waals surface area contributed by atoms with E-state index in [4.69, 9.17) is 0 Å². The second-order valence-corrected chi connectivity index (χ2v) is 7.82. The van der Waals surface area contributed by atoms with E-state index in [0.29, 0.717) is 33.5 Å². The predicted molar refractivity (Wildman–Crippen MR) is 125 cm³/mol. The van der Waals surface area contributed by atoms with Crippen molar-refractivity contribution < 1.29 is 14.3 Å². The van der Waals surface area contributed by atoms with Crippen molar-refractivity contribution in [2.75, 3.05) is 31.4 Å². The molecule has 0 aliphatic heterocycles. The van der Waals surface area contributed by atoms with Crippen LogP contribution >= 0.6 is 0 Å². The van der Waals surface area contributed by atoms with Crippen LogP contribution in [-0.2, 0) is 0 Å². The molecule has 10 heteroatoms. The van der Waals surface area contributed by atoms with Crippen LogP contribution in [0.1, 0.15) is 10.4 Å². The number of nitrogens with one attached hydrogen (secondary N) is 2. The molecule has 4 aromatic heterocycles. The number of nitrogens with zero attached hydrogens (tertiary/aromatic N) is 4. The fraction of sp³-hybridized carbons (Fsp3) is 0.130. The molecule has 33 heavy (non-hydrogen) atoms. The predicted octanol–water partition coefficient (Wildman–Crippen LogP) is 3.34. The lowest BCUT2D eigenvalue weighted by Crippen LogP contribution is -2.22. The third-order valence-electron chi connectivity index (χ3n) is 5.63. The van der Waals surface area contributed by atoms with Crippen LogP contribution in [0.3, 0.4) is 0 Å². The molecule has 1 aromatic carbocycles. The van der Waals surface area contributed by atoms with Gasteiger partial charge in [-0.3, -0.25) is 9.20 Å². The summed E-state index contributed by atoms with van der Waals surface area (Å²) in [6.07, 6.45) is 4.27. The molecular weight excluding hydrogens is 427 g/mol. The molecule has 3 N–H and O–H groups in total. The van der Waals surface area contributed by atoms with Gasteiger partial charge in [0.25, 0.3) is 5.56 Å². The highest BCUT2D eigenvalue weighted by Crippen LogP contribution is 2.41. The van der Waals surface area contributed by atoms with E-state index in [1.54, 1.807) is 31.6 Å². The molecule has 0 fully saturated rings. The van der Waals surface area contributed by atoms with Crippen molar-refractivity contribution >= 4 is 44.9 Å². The maximum absolute atomic E-state index is 14.4. The van der Waals surface area contributed by atoms with Crippen molar-refractivity contribution in [3.05, 3.63) is 64.6 Å². The van der Waals surface area contributed by atoms with Gasteiger partial charge in [0.15, 0.2) is 0 Å². The van der Waals surface area contributed by atoms with Crippen LogP contribution in [-0.4, -0.2) is 51.6 Å². The molecule has 0 aliphatic rings. The van der Waals surface area contributed by atoms with Crippen LogP contribution in [0.2, 0.25) is 0 Å². The maximum atomic E-state index is 14.4. The fourth-order valence-electron chi connectivity index (χ4n) is 4.16.